The summed E-state index contributed by atoms with van der Waals surface area (Å²) in [5, 5.41) is 0. The molecular weight excluding hydrogens is 282 g/mol. The molecule has 0 saturated carbocycles. The summed E-state index contributed by atoms with van der Waals surface area (Å²) in [5.41, 5.74) is 2.58. The standard InChI is InChI=1S/C21H27NO/c1-3-10-21(23)18(2)15-22(16-19-11-6-4-7-12-19)17-20-13-8-5-9-14-20/h4-9,11-14,18H,3,10,15-17H2,1-2H3. The molecule has 0 aliphatic heterocycles. The van der Waals surface area contributed by atoms with Gasteiger partial charge in [-0.2, -0.15) is 0 Å². The van der Waals surface area contributed by atoms with Crippen LogP contribution in [0.15, 0.2) is 60.7 Å². The molecule has 0 heterocycles. The Hall–Kier alpha value is -1.93. The summed E-state index contributed by atoms with van der Waals surface area (Å²) in [6.07, 6.45) is 1.62. The average molecular weight is 309 g/mol. The summed E-state index contributed by atoms with van der Waals surface area (Å²) in [6.45, 7) is 6.68. The second-order valence-corrected chi connectivity index (χ2v) is 6.26. The van der Waals surface area contributed by atoms with Crippen LogP contribution in [-0.4, -0.2) is 17.2 Å². The molecule has 0 aliphatic rings. The fourth-order valence-corrected chi connectivity index (χ4v) is 2.85. The molecule has 0 spiro atoms. The van der Waals surface area contributed by atoms with E-state index in [2.05, 4.69) is 67.3 Å². The van der Waals surface area contributed by atoms with Gasteiger partial charge < -0.3 is 0 Å². The maximum absolute atomic E-state index is 12.2. The highest BCUT2D eigenvalue weighted by Crippen LogP contribution is 2.14. The van der Waals surface area contributed by atoms with Gasteiger partial charge in [0.2, 0.25) is 0 Å². The van der Waals surface area contributed by atoms with Gasteiger partial charge in [-0.15, -0.1) is 0 Å². The molecule has 0 radical (unpaired) electrons. The Balaban J connectivity index is 2.06. The van der Waals surface area contributed by atoms with Gasteiger partial charge in [0, 0.05) is 32.0 Å². The normalized spacial score (nSPS) is 12.3. The van der Waals surface area contributed by atoms with Crippen molar-refractivity contribution in [2.45, 2.75) is 39.8 Å². The number of benzene rings is 2. The molecule has 2 aromatic rings. The maximum atomic E-state index is 12.2. The number of hydrogen-bond donors (Lipinski definition) is 0. The van der Waals surface area contributed by atoms with Gasteiger partial charge >= 0.3 is 0 Å². The zero-order valence-corrected chi connectivity index (χ0v) is 14.2. The summed E-state index contributed by atoms with van der Waals surface area (Å²) < 4.78 is 0. The zero-order chi connectivity index (χ0) is 16.5. The summed E-state index contributed by atoms with van der Waals surface area (Å²) in [7, 11) is 0. The Kier molecular flexibility index (Phi) is 7.02. The van der Waals surface area contributed by atoms with E-state index < -0.39 is 0 Å². The Morgan fingerprint density at radius 1 is 0.913 bits per heavy atom. The molecule has 0 aliphatic carbocycles. The van der Waals surface area contributed by atoms with Crippen molar-refractivity contribution < 1.29 is 4.79 Å². The van der Waals surface area contributed by atoms with Gasteiger partial charge in [0.15, 0.2) is 0 Å². The third kappa shape index (κ3) is 5.99. The minimum Gasteiger partial charge on any atom is -0.299 e. The SMILES string of the molecule is CCCC(=O)C(C)CN(Cc1ccccc1)Cc1ccccc1. The van der Waals surface area contributed by atoms with E-state index in [0.717, 1.165) is 26.1 Å². The van der Waals surface area contributed by atoms with Crippen molar-refractivity contribution in [3.05, 3.63) is 71.8 Å². The molecule has 23 heavy (non-hydrogen) atoms. The van der Waals surface area contributed by atoms with E-state index in [4.69, 9.17) is 0 Å². The first-order chi connectivity index (χ1) is 11.2. The van der Waals surface area contributed by atoms with E-state index in [1.54, 1.807) is 0 Å². The number of carbonyl (C=O) groups excluding carboxylic acids is 1. The number of rotatable bonds is 9. The second-order valence-electron chi connectivity index (χ2n) is 6.26. The highest BCUT2D eigenvalue weighted by molar-refractivity contribution is 5.80. The molecule has 2 rings (SSSR count). The first-order valence-corrected chi connectivity index (χ1v) is 8.52. The van der Waals surface area contributed by atoms with Crippen LogP contribution >= 0.6 is 0 Å². The largest absolute Gasteiger partial charge is 0.299 e. The van der Waals surface area contributed by atoms with E-state index in [0.29, 0.717) is 12.2 Å². The Bertz CT molecular complexity index is 538. The average Bonchev–Trinajstić information content (AvgIpc) is 2.57. The molecule has 2 aromatic carbocycles. The van der Waals surface area contributed by atoms with Crippen LogP contribution in [0.4, 0.5) is 0 Å². The molecule has 0 fully saturated rings. The molecule has 0 amide bonds. The van der Waals surface area contributed by atoms with E-state index in [9.17, 15) is 4.79 Å². The lowest BCUT2D eigenvalue weighted by Gasteiger charge is -2.25. The van der Waals surface area contributed by atoms with E-state index in [1.165, 1.54) is 11.1 Å². The lowest BCUT2D eigenvalue weighted by Crippen LogP contribution is -2.31. The van der Waals surface area contributed by atoms with Crippen LogP contribution in [-0.2, 0) is 17.9 Å². The van der Waals surface area contributed by atoms with E-state index in [1.807, 2.05) is 12.1 Å². The monoisotopic (exact) mass is 309 g/mol. The summed E-state index contributed by atoms with van der Waals surface area (Å²) in [4.78, 5) is 14.5. The quantitative estimate of drug-likeness (QED) is 0.669. The first-order valence-electron chi connectivity index (χ1n) is 8.52. The molecule has 0 aromatic heterocycles. The predicted octanol–water partition coefficient (Wildman–Crippen LogP) is 4.69. The Labute approximate surface area is 140 Å². The molecule has 1 atom stereocenters. The lowest BCUT2D eigenvalue weighted by molar-refractivity contribution is -0.123. The number of carbonyl (C=O) groups is 1. The number of hydrogen-bond acceptors (Lipinski definition) is 2. The highest BCUT2D eigenvalue weighted by Gasteiger charge is 2.17. The Morgan fingerprint density at radius 3 is 1.83 bits per heavy atom. The molecule has 0 bridgehead atoms. The smallest absolute Gasteiger partial charge is 0.136 e. The number of ketones is 1. The molecule has 0 N–H and O–H groups in total. The molecule has 1 unspecified atom stereocenters. The minimum atomic E-state index is 0.0855. The summed E-state index contributed by atoms with van der Waals surface area (Å²) in [6, 6.07) is 21.0. The topological polar surface area (TPSA) is 20.3 Å². The van der Waals surface area contributed by atoms with Crippen molar-refractivity contribution in [1.29, 1.82) is 0 Å². The van der Waals surface area contributed by atoms with Crippen molar-refractivity contribution in [3.8, 4) is 0 Å². The number of nitrogens with zero attached hydrogens (tertiary/aromatic N) is 1. The van der Waals surface area contributed by atoms with E-state index >= 15 is 0 Å². The first kappa shape index (κ1) is 17.4. The third-order valence-electron chi connectivity index (χ3n) is 4.08. The highest BCUT2D eigenvalue weighted by atomic mass is 16.1. The van der Waals surface area contributed by atoms with Crippen LogP contribution in [0, 0.1) is 5.92 Å². The summed E-state index contributed by atoms with van der Waals surface area (Å²) >= 11 is 0. The third-order valence-corrected chi connectivity index (χ3v) is 4.08. The Morgan fingerprint density at radius 2 is 1.39 bits per heavy atom. The predicted molar refractivity (Wildman–Crippen MR) is 96.1 cm³/mol. The zero-order valence-electron chi connectivity index (χ0n) is 14.2. The van der Waals surface area contributed by atoms with Crippen molar-refractivity contribution in [3.63, 3.8) is 0 Å². The van der Waals surface area contributed by atoms with Gasteiger partial charge in [0.05, 0.1) is 0 Å². The molecule has 2 nitrogen and oxygen atoms in total. The fraction of sp³-hybridized carbons (Fsp3) is 0.381. The van der Waals surface area contributed by atoms with Gasteiger partial charge in [-0.3, -0.25) is 9.69 Å². The van der Waals surface area contributed by atoms with Crippen LogP contribution in [0.5, 0.6) is 0 Å². The van der Waals surface area contributed by atoms with E-state index in [-0.39, 0.29) is 5.92 Å². The fourth-order valence-electron chi connectivity index (χ4n) is 2.85. The molecule has 0 saturated heterocycles. The van der Waals surface area contributed by atoms with Gasteiger partial charge in [-0.25, -0.2) is 0 Å². The molecular formula is C21H27NO. The second kappa shape index (κ2) is 9.26. The van der Waals surface area contributed by atoms with Crippen molar-refractivity contribution >= 4 is 5.78 Å². The van der Waals surface area contributed by atoms with Crippen molar-refractivity contribution in [2.75, 3.05) is 6.54 Å². The van der Waals surface area contributed by atoms with Gasteiger partial charge in [0.25, 0.3) is 0 Å². The summed E-state index contributed by atoms with van der Waals surface area (Å²) in [5.74, 6) is 0.459. The molecule has 2 heteroatoms. The van der Waals surface area contributed by atoms with Gasteiger partial charge in [-0.1, -0.05) is 74.5 Å². The maximum Gasteiger partial charge on any atom is 0.136 e. The van der Waals surface area contributed by atoms with Crippen molar-refractivity contribution in [1.82, 2.24) is 4.90 Å². The van der Waals surface area contributed by atoms with Gasteiger partial charge in [-0.05, 0) is 17.5 Å². The van der Waals surface area contributed by atoms with Crippen LogP contribution in [0.3, 0.4) is 0 Å². The number of Topliss-reactive ketones (excluding diaryl/α,β-unsaturated/α-hetero) is 1. The van der Waals surface area contributed by atoms with Gasteiger partial charge in [0.1, 0.15) is 5.78 Å². The van der Waals surface area contributed by atoms with Crippen LogP contribution in [0.1, 0.15) is 37.8 Å². The van der Waals surface area contributed by atoms with Crippen LogP contribution in [0.25, 0.3) is 0 Å². The van der Waals surface area contributed by atoms with Crippen molar-refractivity contribution in [2.24, 2.45) is 5.92 Å². The molecule has 122 valence electrons. The van der Waals surface area contributed by atoms with Crippen LogP contribution < -0.4 is 0 Å². The van der Waals surface area contributed by atoms with Crippen LogP contribution in [0.2, 0.25) is 0 Å². The minimum absolute atomic E-state index is 0.0855. The lowest BCUT2D eigenvalue weighted by atomic mass is 10.0.